The largest absolute Gasteiger partial charge is 0.383 e. The molecular formula is C22H27N5O2. The molecule has 0 amide bonds. The van der Waals surface area contributed by atoms with Crippen LogP contribution in [0.5, 0.6) is 0 Å². The highest BCUT2D eigenvalue weighted by Crippen LogP contribution is 2.29. The minimum atomic E-state index is -0.116. The summed E-state index contributed by atoms with van der Waals surface area (Å²) in [6.07, 6.45) is 3.90. The van der Waals surface area contributed by atoms with Crippen molar-refractivity contribution >= 4 is 16.7 Å². The van der Waals surface area contributed by atoms with E-state index in [1.807, 2.05) is 6.07 Å². The number of aromatic nitrogens is 3. The third kappa shape index (κ3) is 4.16. The molecule has 1 saturated heterocycles. The van der Waals surface area contributed by atoms with Gasteiger partial charge in [0, 0.05) is 26.3 Å². The number of piperidine rings is 1. The number of methoxy groups -OCH3 is 1. The normalized spacial score (nSPS) is 15.0. The van der Waals surface area contributed by atoms with Gasteiger partial charge in [-0.25, -0.2) is 9.97 Å². The first-order chi connectivity index (χ1) is 14.2. The maximum Gasteiger partial charge on any atom is 0.264 e. The Balaban J connectivity index is 1.71. The first kappa shape index (κ1) is 19.5. The molecule has 1 aromatic carbocycles. The van der Waals surface area contributed by atoms with Crippen molar-refractivity contribution in [3.8, 4) is 11.3 Å². The molecule has 0 spiro atoms. The fourth-order valence-corrected chi connectivity index (χ4v) is 3.85. The summed E-state index contributed by atoms with van der Waals surface area (Å²) in [4.78, 5) is 21.9. The fourth-order valence-electron chi connectivity index (χ4n) is 3.85. The summed E-state index contributed by atoms with van der Waals surface area (Å²) in [5.41, 5.74) is 3.72. The summed E-state index contributed by atoms with van der Waals surface area (Å²) < 4.78 is 6.59. The highest BCUT2D eigenvalue weighted by atomic mass is 16.5. The third-order valence-electron chi connectivity index (χ3n) is 5.52. The maximum atomic E-state index is 12.7. The van der Waals surface area contributed by atoms with Crippen molar-refractivity contribution in [2.75, 3.05) is 38.7 Å². The lowest BCUT2D eigenvalue weighted by atomic mass is 9.89. The molecule has 1 aliphatic rings. The van der Waals surface area contributed by atoms with E-state index in [4.69, 9.17) is 9.72 Å². The topological polar surface area (TPSA) is 81.1 Å². The highest BCUT2D eigenvalue weighted by molar-refractivity contribution is 5.91. The van der Waals surface area contributed by atoms with Crippen LogP contribution < -0.4 is 16.2 Å². The van der Waals surface area contributed by atoms with E-state index < -0.39 is 0 Å². The molecule has 7 heteroatoms. The standard InChI is InChI=1S/C22H27N5O2/c1-27-14-25-19-13-18(26-21(20(19)22(27)28)24-11-12-29-2)17-5-3-15(4-6-17)16-7-9-23-10-8-16/h3-6,13-14,16,23H,7-12H2,1-2H3,(H,24,26). The van der Waals surface area contributed by atoms with Gasteiger partial charge in [0.25, 0.3) is 5.56 Å². The Hall–Kier alpha value is -2.77. The number of nitrogens with zero attached hydrogens (tertiary/aromatic N) is 3. The first-order valence-corrected chi connectivity index (χ1v) is 10.1. The molecule has 7 nitrogen and oxygen atoms in total. The van der Waals surface area contributed by atoms with Gasteiger partial charge in [0.1, 0.15) is 11.2 Å². The predicted molar refractivity (Wildman–Crippen MR) is 115 cm³/mol. The smallest absolute Gasteiger partial charge is 0.264 e. The van der Waals surface area contributed by atoms with E-state index in [-0.39, 0.29) is 5.56 Å². The quantitative estimate of drug-likeness (QED) is 0.627. The maximum absolute atomic E-state index is 12.7. The Morgan fingerprint density at radius 2 is 2.00 bits per heavy atom. The molecule has 29 heavy (non-hydrogen) atoms. The van der Waals surface area contributed by atoms with Crippen molar-refractivity contribution < 1.29 is 4.74 Å². The Bertz CT molecular complexity index is 1040. The van der Waals surface area contributed by atoms with E-state index >= 15 is 0 Å². The summed E-state index contributed by atoms with van der Waals surface area (Å²) in [5.74, 6) is 1.16. The lowest BCUT2D eigenvalue weighted by Gasteiger charge is -2.23. The Labute approximate surface area is 170 Å². The van der Waals surface area contributed by atoms with Gasteiger partial charge in [0.15, 0.2) is 0 Å². The second-order valence-electron chi connectivity index (χ2n) is 7.48. The zero-order chi connectivity index (χ0) is 20.2. The van der Waals surface area contributed by atoms with Crippen LogP contribution in [0.2, 0.25) is 0 Å². The SMILES string of the molecule is COCCNc1nc(-c2ccc(C3CCNCC3)cc2)cc2ncn(C)c(=O)c12. The average molecular weight is 393 g/mol. The Morgan fingerprint density at radius 3 is 2.72 bits per heavy atom. The highest BCUT2D eigenvalue weighted by Gasteiger charge is 2.16. The number of hydrogen-bond donors (Lipinski definition) is 2. The summed E-state index contributed by atoms with van der Waals surface area (Å²) in [6, 6.07) is 10.5. The van der Waals surface area contributed by atoms with Crippen molar-refractivity contribution in [2.24, 2.45) is 7.05 Å². The van der Waals surface area contributed by atoms with E-state index in [9.17, 15) is 4.79 Å². The molecule has 3 heterocycles. The molecule has 0 bridgehead atoms. The molecule has 1 aliphatic heterocycles. The lowest BCUT2D eigenvalue weighted by molar-refractivity contribution is 0.210. The number of hydrogen-bond acceptors (Lipinski definition) is 6. The van der Waals surface area contributed by atoms with Gasteiger partial charge in [-0.15, -0.1) is 0 Å². The molecule has 0 atom stereocenters. The van der Waals surface area contributed by atoms with Gasteiger partial charge in [-0.2, -0.15) is 0 Å². The van der Waals surface area contributed by atoms with E-state index in [0.717, 1.165) is 24.3 Å². The number of anilines is 1. The predicted octanol–water partition coefficient (Wildman–Crippen LogP) is 2.52. The minimum absolute atomic E-state index is 0.116. The van der Waals surface area contributed by atoms with Crippen LogP contribution in [0.1, 0.15) is 24.3 Å². The fraction of sp³-hybridized carbons (Fsp3) is 0.409. The van der Waals surface area contributed by atoms with Crippen LogP contribution in [0.4, 0.5) is 5.82 Å². The van der Waals surface area contributed by atoms with Gasteiger partial charge in [0.2, 0.25) is 0 Å². The number of aryl methyl sites for hydroxylation is 1. The zero-order valence-electron chi connectivity index (χ0n) is 16.9. The number of nitrogens with one attached hydrogen (secondary N) is 2. The molecule has 3 aromatic rings. The zero-order valence-corrected chi connectivity index (χ0v) is 16.9. The summed E-state index contributed by atoms with van der Waals surface area (Å²) in [5, 5.41) is 7.15. The lowest BCUT2D eigenvalue weighted by Crippen LogP contribution is -2.26. The summed E-state index contributed by atoms with van der Waals surface area (Å²) >= 11 is 0. The van der Waals surface area contributed by atoms with Crippen LogP contribution in [0.15, 0.2) is 41.5 Å². The van der Waals surface area contributed by atoms with Gasteiger partial charge < -0.3 is 19.9 Å². The average Bonchev–Trinajstić information content (AvgIpc) is 2.77. The minimum Gasteiger partial charge on any atom is -0.383 e. The van der Waals surface area contributed by atoms with E-state index in [1.54, 1.807) is 20.5 Å². The van der Waals surface area contributed by atoms with Crippen molar-refractivity contribution in [2.45, 2.75) is 18.8 Å². The van der Waals surface area contributed by atoms with Gasteiger partial charge in [0.05, 0.1) is 24.1 Å². The van der Waals surface area contributed by atoms with Crippen LogP contribution in [0.25, 0.3) is 22.2 Å². The van der Waals surface area contributed by atoms with Gasteiger partial charge in [-0.05, 0) is 43.5 Å². The number of ether oxygens (including phenoxy) is 1. The monoisotopic (exact) mass is 393 g/mol. The molecule has 4 rings (SSSR count). The Morgan fingerprint density at radius 1 is 1.24 bits per heavy atom. The molecule has 0 aliphatic carbocycles. The molecule has 2 N–H and O–H groups in total. The molecule has 0 saturated carbocycles. The summed E-state index contributed by atoms with van der Waals surface area (Å²) in [6.45, 7) is 3.25. The van der Waals surface area contributed by atoms with Crippen molar-refractivity contribution in [3.63, 3.8) is 0 Å². The van der Waals surface area contributed by atoms with Crippen LogP contribution in [0, 0.1) is 0 Å². The molecule has 1 fully saturated rings. The third-order valence-corrected chi connectivity index (χ3v) is 5.52. The number of benzene rings is 1. The van der Waals surface area contributed by atoms with E-state index in [1.165, 1.54) is 23.0 Å². The second-order valence-corrected chi connectivity index (χ2v) is 7.48. The number of fused-ring (bicyclic) bond motifs is 1. The first-order valence-electron chi connectivity index (χ1n) is 10.1. The van der Waals surface area contributed by atoms with Crippen LogP contribution in [0.3, 0.4) is 0 Å². The van der Waals surface area contributed by atoms with Gasteiger partial charge >= 0.3 is 0 Å². The molecule has 0 radical (unpaired) electrons. The van der Waals surface area contributed by atoms with Crippen LogP contribution in [-0.2, 0) is 11.8 Å². The van der Waals surface area contributed by atoms with Gasteiger partial charge in [-0.3, -0.25) is 4.79 Å². The van der Waals surface area contributed by atoms with Crippen LogP contribution >= 0.6 is 0 Å². The summed E-state index contributed by atoms with van der Waals surface area (Å²) in [7, 11) is 3.34. The Kier molecular flexibility index (Phi) is 5.87. The van der Waals surface area contributed by atoms with Crippen molar-refractivity contribution in [1.82, 2.24) is 19.9 Å². The molecule has 152 valence electrons. The number of pyridine rings is 1. The molecule has 2 aromatic heterocycles. The van der Waals surface area contributed by atoms with Crippen molar-refractivity contribution in [3.05, 3.63) is 52.6 Å². The van der Waals surface area contributed by atoms with Gasteiger partial charge in [-0.1, -0.05) is 24.3 Å². The molecule has 0 unspecified atom stereocenters. The molecular weight excluding hydrogens is 366 g/mol. The van der Waals surface area contributed by atoms with Crippen molar-refractivity contribution in [1.29, 1.82) is 0 Å². The van der Waals surface area contributed by atoms with E-state index in [0.29, 0.717) is 35.8 Å². The van der Waals surface area contributed by atoms with E-state index in [2.05, 4.69) is 39.9 Å². The second kappa shape index (κ2) is 8.71. The van der Waals surface area contributed by atoms with Crippen LogP contribution in [-0.4, -0.2) is 47.9 Å². The number of rotatable bonds is 6.